The maximum absolute atomic E-state index is 13.8. The smallest absolute Gasteiger partial charge is 0.216 e. The molecule has 170 valence electrons. The summed E-state index contributed by atoms with van der Waals surface area (Å²) in [6, 6.07) is 4.92. The van der Waals surface area contributed by atoms with Crippen LogP contribution in [-0.2, 0) is 32.6 Å². The molecule has 10 heteroatoms. The van der Waals surface area contributed by atoms with Crippen molar-refractivity contribution in [2.45, 2.75) is 33.1 Å². The van der Waals surface area contributed by atoms with Gasteiger partial charge in [-0.05, 0) is 31.5 Å². The molecule has 0 atom stereocenters. The molecule has 0 unspecified atom stereocenters. The standard InChI is InChI=1S/C20H33FN4O4S/c1-16(2)29-11-12-30(26,27)25-9-7-24(8-10-25)20(22-3)23-14-17-5-6-19(21)18(13-17)15-28-4/h5-6,13,16H,7-12,14-15H2,1-4H3,(H,22,23). The van der Waals surface area contributed by atoms with E-state index in [0.717, 1.165) is 5.56 Å². The van der Waals surface area contributed by atoms with Gasteiger partial charge < -0.3 is 19.7 Å². The zero-order chi connectivity index (χ0) is 22.1. The van der Waals surface area contributed by atoms with Gasteiger partial charge in [0.15, 0.2) is 5.96 Å². The topological polar surface area (TPSA) is 83.5 Å². The lowest BCUT2D eigenvalue weighted by Gasteiger charge is -2.35. The first-order valence-electron chi connectivity index (χ1n) is 10.1. The van der Waals surface area contributed by atoms with Crippen LogP contribution in [0.3, 0.4) is 0 Å². The second kappa shape index (κ2) is 11.6. The van der Waals surface area contributed by atoms with Gasteiger partial charge in [-0.25, -0.2) is 12.8 Å². The number of aliphatic imine (C=N–C) groups is 1. The lowest BCUT2D eigenvalue weighted by Crippen LogP contribution is -2.54. The van der Waals surface area contributed by atoms with Gasteiger partial charge in [0.05, 0.1) is 25.1 Å². The van der Waals surface area contributed by atoms with Gasteiger partial charge in [-0.15, -0.1) is 0 Å². The molecule has 0 amide bonds. The normalized spacial score (nSPS) is 16.3. The molecule has 1 saturated heterocycles. The van der Waals surface area contributed by atoms with Crippen molar-refractivity contribution in [3.8, 4) is 0 Å². The Hall–Kier alpha value is -1.75. The molecule has 0 spiro atoms. The zero-order valence-electron chi connectivity index (χ0n) is 18.2. The van der Waals surface area contributed by atoms with Crippen LogP contribution < -0.4 is 5.32 Å². The second-order valence-electron chi connectivity index (χ2n) is 7.38. The Labute approximate surface area is 179 Å². The van der Waals surface area contributed by atoms with Crippen molar-refractivity contribution in [1.29, 1.82) is 0 Å². The number of ether oxygens (including phenoxy) is 2. The van der Waals surface area contributed by atoms with E-state index in [2.05, 4.69) is 10.3 Å². The first-order chi connectivity index (χ1) is 14.3. The third kappa shape index (κ3) is 7.19. The van der Waals surface area contributed by atoms with Crippen LogP contribution >= 0.6 is 0 Å². The van der Waals surface area contributed by atoms with Gasteiger partial charge in [0.1, 0.15) is 5.82 Å². The van der Waals surface area contributed by atoms with E-state index in [4.69, 9.17) is 9.47 Å². The Kier molecular flexibility index (Phi) is 9.47. The quantitative estimate of drug-likeness (QED) is 0.458. The molecule has 0 saturated carbocycles. The van der Waals surface area contributed by atoms with E-state index in [0.29, 0.717) is 44.2 Å². The minimum Gasteiger partial charge on any atom is -0.380 e. The fraction of sp³-hybridized carbons (Fsp3) is 0.650. The predicted octanol–water partition coefficient (Wildman–Crippen LogP) is 1.42. The van der Waals surface area contributed by atoms with Gasteiger partial charge in [0.25, 0.3) is 0 Å². The average molecular weight is 445 g/mol. The first-order valence-corrected chi connectivity index (χ1v) is 11.7. The number of guanidine groups is 1. The van der Waals surface area contributed by atoms with E-state index in [-0.39, 0.29) is 30.9 Å². The van der Waals surface area contributed by atoms with Crippen LogP contribution in [-0.4, -0.2) is 82.4 Å². The van der Waals surface area contributed by atoms with E-state index in [1.165, 1.54) is 17.5 Å². The fourth-order valence-corrected chi connectivity index (χ4v) is 4.50. The highest BCUT2D eigenvalue weighted by atomic mass is 32.2. The molecule has 0 radical (unpaired) electrons. The van der Waals surface area contributed by atoms with Crippen LogP contribution in [0.15, 0.2) is 23.2 Å². The van der Waals surface area contributed by atoms with Crippen molar-refractivity contribution in [1.82, 2.24) is 14.5 Å². The van der Waals surface area contributed by atoms with Gasteiger partial charge in [-0.1, -0.05) is 6.07 Å². The number of benzene rings is 1. The number of rotatable bonds is 9. The molecule has 1 heterocycles. The van der Waals surface area contributed by atoms with Crippen LogP contribution in [0.2, 0.25) is 0 Å². The third-order valence-electron chi connectivity index (χ3n) is 4.80. The molecule has 1 aliphatic rings. The maximum atomic E-state index is 13.8. The summed E-state index contributed by atoms with van der Waals surface area (Å²) in [6.45, 7) is 6.56. The molecule has 0 aromatic heterocycles. The summed E-state index contributed by atoms with van der Waals surface area (Å²) >= 11 is 0. The van der Waals surface area contributed by atoms with E-state index in [1.807, 2.05) is 18.7 Å². The Bertz CT molecular complexity index is 809. The molecule has 8 nitrogen and oxygen atoms in total. The molecule has 2 rings (SSSR count). The predicted molar refractivity (Wildman–Crippen MR) is 115 cm³/mol. The van der Waals surface area contributed by atoms with Crippen LogP contribution in [0, 0.1) is 5.82 Å². The molecule has 0 bridgehead atoms. The molecule has 1 aromatic carbocycles. The van der Waals surface area contributed by atoms with Gasteiger partial charge >= 0.3 is 0 Å². The van der Waals surface area contributed by atoms with Crippen LogP contribution in [0.5, 0.6) is 0 Å². The van der Waals surface area contributed by atoms with E-state index < -0.39 is 10.0 Å². The SMILES string of the molecule is CN=C(NCc1ccc(F)c(COC)c1)N1CCN(S(=O)(=O)CCOC(C)C)CC1. The Morgan fingerprint density at radius 2 is 1.97 bits per heavy atom. The Morgan fingerprint density at radius 1 is 1.27 bits per heavy atom. The molecule has 30 heavy (non-hydrogen) atoms. The summed E-state index contributed by atoms with van der Waals surface area (Å²) in [5, 5.41) is 3.27. The molecule has 1 N–H and O–H groups in total. The highest BCUT2D eigenvalue weighted by molar-refractivity contribution is 7.89. The minimum atomic E-state index is -3.33. The molecule has 1 fully saturated rings. The Morgan fingerprint density at radius 3 is 2.57 bits per heavy atom. The van der Waals surface area contributed by atoms with Crippen LogP contribution in [0.1, 0.15) is 25.0 Å². The molecular formula is C20H33FN4O4S. The number of hydrogen-bond donors (Lipinski definition) is 1. The number of nitrogens with zero attached hydrogens (tertiary/aromatic N) is 3. The van der Waals surface area contributed by atoms with E-state index >= 15 is 0 Å². The van der Waals surface area contributed by atoms with Crippen molar-refractivity contribution < 1.29 is 22.3 Å². The number of halogens is 1. The monoisotopic (exact) mass is 444 g/mol. The molecule has 0 aliphatic carbocycles. The fourth-order valence-electron chi connectivity index (χ4n) is 3.21. The number of sulfonamides is 1. The summed E-state index contributed by atoms with van der Waals surface area (Å²) in [4.78, 5) is 6.33. The van der Waals surface area contributed by atoms with Gasteiger partial charge in [0, 0.05) is 52.4 Å². The zero-order valence-corrected chi connectivity index (χ0v) is 19.0. The second-order valence-corrected chi connectivity index (χ2v) is 9.47. The number of methoxy groups -OCH3 is 1. The molecule has 1 aliphatic heterocycles. The lowest BCUT2D eigenvalue weighted by atomic mass is 10.1. The third-order valence-corrected chi connectivity index (χ3v) is 6.63. The van der Waals surface area contributed by atoms with Crippen molar-refractivity contribution in [3.05, 3.63) is 35.1 Å². The number of nitrogens with one attached hydrogen (secondary N) is 1. The summed E-state index contributed by atoms with van der Waals surface area (Å²) in [6.07, 6.45) is 0.0122. The van der Waals surface area contributed by atoms with E-state index in [1.54, 1.807) is 19.2 Å². The van der Waals surface area contributed by atoms with Crippen LogP contribution in [0.25, 0.3) is 0 Å². The number of piperazine rings is 1. The first kappa shape index (κ1) is 24.5. The summed E-state index contributed by atoms with van der Waals surface area (Å²) in [5.41, 5.74) is 1.42. The lowest BCUT2D eigenvalue weighted by molar-refractivity contribution is 0.0904. The van der Waals surface area contributed by atoms with Crippen LogP contribution in [0.4, 0.5) is 4.39 Å². The average Bonchev–Trinajstić information content (AvgIpc) is 2.71. The maximum Gasteiger partial charge on any atom is 0.216 e. The van der Waals surface area contributed by atoms with Gasteiger partial charge in [-0.3, -0.25) is 4.99 Å². The minimum absolute atomic E-state index is 0.00741. The summed E-state index contributed by atoms with van der Waals surface area (Å²) in [5.74, 6) is 0.390. The molecular weight excluding hydrogens is 411 g/mol. The van der Waals surface area contributed by atoms with Gasteiger partial charge in [0.2, 0.25) is 10.0 Å². The highest BCUT2D eigenvalue weighted by Gasteiger charge is 2.28. The van der Waals surface area contributed by atoms with Crippen molar-refractivity contribution >= 4 is 16.0 Å². The van der Waals surface area contributed by atoms with Crippen molar-refractivity contribution in [2.75, 3.05) is 52.7 Å². The Balaban J connectivity index is 1.87. The summed E-state index contributed by atoms with van der Waals surface area (Å²) in [7, 11) is -0.109. The van der Waals surface area contributed by atoms with E-state index in [9.17, 15) is 12.8 Å². The number of hydrogen-bond acceptors (Lipinski definition) is 5. The largest absolute Gasteiger partial charge is 0.380 e. The highest BCUT2D eigenvalue weighted by Crippen LogP contribution is 2.13. The summed E-state index contributed by atoms with van der Waals surface area (Å²) < 4.78 is 50.6. The van der Waals surface area contributed by atoms with Crippen molar-refractivity contribution in [2.24, 2.45) is 4.99 Å². The molecule has 1 aromatic rings. The van der Waals surface area contributed by atoms with Gasteiger partial charge in [-0.2, -0.15) is 4.31 Å². The van der Waals surface area contributed by atoms with Crippen molar-refractivity contribution in [3.63, 3.8) is 0 Å².